The fourth-order valence-electron chi connectivity index (χ4n) is 4.34. The van der Waals surface area contributed by atoms with Gasteiger partial charge in [-0.3, -0.25) is 0 Å². The topological polar surface area (TPSA) is 53.2 Å². The van der Waals surface area contributed by atoms with E-state index in [0.717, 1.165) is 25.7 Å². The van der Waals surface area contributed by atoms with Crippen molar-refractivity contribution in [3.05, 3.63) is 65.4 Å². The molecule has 4 rings (SSSR count). The summed E-state index contributed by atoms with van der Waals surface area (Å²) in [6.07, 6.45) is 5.86. The molecular formula is C23H28N2O2S. The van der Waals surface area contributed by atoms with Gasteiger partial charge in [-0.2, -0.15) is 4.31 Å². The first kappa shape index (κ1) is 19.2. The molecule has 4 nitrogen and oxygen atoms in total. The Hall–Kier alpha value is -2.11. The van der Waals surface area contributed by atoms with Gasteiger partial charge in [-0.1, -0.05) is 43.7 Å². The molecule has 3 aromatic rings. The second-order valence-corrected chi connectivity index (χ2v) is 9.75. The van der Waals surface area contributed by atoms with E-state index in [1.54, 1.807) is 16.4 Å². The molecular weight excluding hydrogens is 368 g/mol. The third-order valence-corrected chi connectivity index (χ3v) is 7.86. The van der Waals surface area contributed by atoms with Crippen LogP contribution in [0.2, 0.25) is 0 Å². The summed E-state index contributed by atoms with van der Waals surface area (Å²) >= 11 is 0. The summed E-state index contributed by atoms with van der Waals surface area (Å²) in [7, 11) is -3.41. The van der Waals surface area contributed by atoms with Crippen molar-refractivity contribution < 1.29 is 8.42 Å². The third-order valence-electron chi connectivity index (χ3n) is 5.95. The van der Waals surface area contributed by atoms with Gasteiger partial charge >= 0.3 is 0 Å². The molecule has 0 saturated carbocycles. The molecule has 0 radical (unpaired) electrons. The maximum absolute atomic E-state index is 13.0. The zero-order valence-electron chi connectivity index (χ0n) is 16.6. The Labute approximate surface area is 167 Å². The van der Waals surface area contributed by atoms with Crippen LogP contribution in [0.4, 0.5) is 0 Å². The van der Waals surface area contributed by atoms with E-state index in [1.807, 2.05) is 12.1 Å². The number of para-hydroxylation sites is 1. The van der Waals surface area contributed by atoms with Crippen molar-refractivity contribution in [1.29, 1.82) is 0 Å². The van der Waals surface area contributed by atoms with Crippen molar-refractivity contribution >= 4 is 20.9 Å². The highest BCUT2D eigenvalue weighted by atomic mass is 32.2. The van der Waals surface area contributed by atoms with Crippen molar-refractivity contribution in [3.8, 4) is 0 Å². The average molecular weight is 397 g/mol. The number of aromatic nitrogens is 1. The Bertz CT molecular complexity index is 1060. The number of hydrogen-bond donors (Lipinski definition) is 1. The van der Waals surface area contributed by atoms with Crippen molar-refractivity contribution in [1.82, 2.24) is 9.29 Å². The lowest BCUT2D eigenvalue weighted by molar-refractivity contribution is 0.320. The molecule has 148 valence electrons. The van der Waals surface area contributed by atoms with Gasteiger partial charge < -0.3 is 4.98 Å². The molecule has 1 N–H and O–H groups in total. The molecule has 1 fully saturated rings. The van der Waals surface area contributed by atoms with Crippen LogP contribution in [0.3, 0.4) is 0 Å². The van der Waals surface area contributed by atoms with E-state index >= 15 is 0 Å². The number of rotatable bonds is 5. The number of hydrogen-bond acceptors (Lipinski definition) is 2. The number of aromatic amines is 1. The maximum atomic E-state index is 13.0. The van der Waals surface area contributed by atoms with E-state index in [4.69, 9.17) is 0 Å². The van der Waals surface area contributed by atoms with Gasteiger partial charge in [0.25, 0.3) is 0 Å². The summed E-state index contributed by atoms with van der Waals surface area (Å²) in [5.41, 5.74) is 4.95. The standard InChI is InChI=1S/C23H28N2O2S/c1-3-5-18-8-10-20(11-9-18)28(26,27)25-14-12-19(13-15-25)22-16-24-23-17(2)6-4-7-21(22)23/h4,6-11,16,19,24H,3,5,12-15H2,1-2H3. The minimum Gasteiger partial charge on any atom is -0.361 e. The smallest absolute Gasteiger partial charge is 0.243 e. The number of H-pyrrole nitrogens is 1. The molecule has 0 atom stereocenters. The number of benzene rings is 2. The normalized spacial score (nSPS) is 16.6. The number of fused-ring (bicyclic) bond motifs is 1. The Morgan fingerprint density at radius 2 is 1.79 bits per heavy atom. The Balaban J connectivity index is 1.49. The molecule has 0 bridgehead atoms. The monoisotopic (exact) mass is 396 g/mol. The fraction of sp³-hybridized carbons (Fsp3) is 0.391. The molecule has 0 amide bonds. The van der Waals surface area contributed by atoms with Crippen molar-refractivity contribution in [2.24, 2.45) is 0 Å². The predicted molar refractivity (Wildman–Crippen MR) is 114 cm³/mol. The first-order valence-corrected chi connectivity index (χ1v) is 11.6. The lowest BCUT2D eigenvalue weighted by Crippen LogP contribution is -2.37. The molecule has 0 unspecified atom stereocenters. The van der Waals surface area contributed by atoms with Crippen molar-refractivity contribution in [3.63, 3.8) is 0 Å². The lowest BCUT2D eigenvalue weighted by atomic mass is 9.90. The van der Waals surface area contributed by atoms with E-state index in [2.05, 4.69) is 43.2 Å². The predicted octanol–water partition coefficient (Wildman–Crippen LogP) is 5.00. The minimum absolute atomic E-state index is 0.397. The Kier molecular flexibility index (Phi) is 5.30. The highest BCUT2D eigenvalue weighted by Gasteiger charge is 2.30. The summed E-state index contributed by atoms with van der Waals surface area (Å²) < 4.78 is 27.7. The third kappa shape index (κ3) is 3.49. The van der Waals surface area contributed by atoms with Crippen LogP contribution in [-0.2, 0) is 16.4 Å². The van der Waals surface area contributed by atoms with Crippen LogP contribution in [0.15, 0.2) is 53.6 Å². The number of piperidine rings is 1. The summed E-state index contributed by atoms with van der Waals surface area (Å²) in [6.45, 7) is 5.39. The molecule has 0 aliphatic carbocycles. The lowest BCUT2D eigenvalue weighted by Gasteiger charge is -2.31. The zero-order chi connectivity index (χ0) is 19.7. The van der Waals surface area contributed by atoms with Gasteiger partial charge in [0, 0.05) is 30.2 Å². The molecule has 1 aliphatic heterocycles. The Morgan fingerprint density at radius 1 is 1.07 bits per heavy atom. The molecule has 2 aromatic carbocycles. The summed E-state index contributed by atoms with van der Waals surface area (Å²) in [4.78, 5) is 3.82. The van der Waals surface area contributed by atoms with Gasteiger partial charge in [-0.15, -0.1) is 0 Å². The second-order valence-electron chi connectivity index (χ2n) is 7.81. The SMILES string of the molecule is CCCc1ccc(S(=O)(=O)N2CCC(c3c[nH]c4c(C)cccc34)CC2)cc1. The van der Waals surface area contributed by atoms with Crippen LogP contribution in [0, 0.1) is 6.92 Å². The van der Waals surface area contributed by atoms with Gasteiger partial charge in [0.1, 0.15) is 0 Å². The van der Waals surface area contributed by atoms with Crippen LogP contribution in [-0.4, -0.2) is 30.8 Å². The van der Waals surface area contributed by atoms with Gasteiger partial charge in [-0.25, -0.2) is 8.42 Å². The number of nitrogens with zero attached hydrogens (tertiary/aromatic N) is 1. The van der Waals surface area contributed by atoms with E-state index in [1.165, 1.54) is 27.6 Å². The van der Waals surface area contributed by atoms with Crippen molar-refractivity contribution in [2.45, 2.75) is 50.3 Å². The highest BCUT2D eigenvalue weighted by molar-refractivity contribution is 7.89. The first-order valence-electron chi connectivity index (χ1n) is 10.2. The number of aryl methyl sites for hydroxylation is 2. The molecule has 5 heteroatoms. The van der Waals surface area contributed by atoms with Gasteiger partial charge in [0.2, 0.25) is 10.0 Å². The van der Waals surface area contributed by atoms with Gasteiger partial charge in [0.05, 0.1) is 4.90 Å². The van der Waals surface area contributed by atoms with E-state index in [9.17, 15) is 8.42 Å². The summed E-state index contributed by atoms with van der Waals surface area (Å²) in [6, 6.07) is 13.8. The minimum atomic E-state index is -3.41. The van der Waals surface area contributed by atoms with Crippen LogP contribution in [0.1, 0.15) is 48.8 Å². The molecule has 1 saturated heterocycles. The van der Waals surface area contributed by atoms with E-state index in [-0.39, 0.29) is 0 Å². The highest BCUT2D eigenvalue weighted by Crippen LogP contribution is 2.35. The Morgan fingerprint density at radius 3 is 2.46 bits per heavy atom. The van der Waals surface area contributed by atoms with Gasteiger partial charge in [-0.05, 0) is 60.9 Å². The summed E-state index contributed by atoms with van der Waals surface area (Å²) in [5.74, 6) is 0.397. The van der Waals surface area contributed by atoms with Crippen LogP contribution in [0.25, 0.3) is 10.9 Å². The van der Waals surface area contributed by atoms with Crippen LogP contribution in [0.5, 0.6) is 0 Å². The zero-order valence-corrected chi connectivity index (χ0v) is 17.4. The average Bonchev–Trinajstić information content (AvgIpc) is 3.14. The maximum Gasteiger partial charge on any atom is 0.243 e. The molecule has 1 aromatic heterocycles. The second kappa shape index (κ2) is 7.72. The first-order chi connectivity index (χ1) is 13.5. The molecule has 2 heterocycles. The number of nitrogens with one attached hydrogen (secondary N) is 1. The van der Waals surface area contributed by atoms with Gasteiger partial charge in [0.15, 0.2) is 0 Å². The fourth-order valence-corrected chi connectivity index (χ4v) is 5.81. The molecule has 1 aliphatic rings. The molecule has 28 heavy (non-hydrogen) atoms. The van der Waals surface area contributed by atoms with Crippen LogP contribution >= 0.6 is 0 Å². The number of sulfonamides is 1. The quantitative estimate of drug-likeness (QED) is 0.660. The van der Waals surface area contributed by atoms with E-state index in [0.29, 0.717) is 23.9 Å². The van der Waals surface area contributed by atoms with Crippen molar-refractivity contribution in [2.75, 3.05) is 13.1 Å². The van der Waals surface area contributed by atoms with E-state index < -0.39 is 10.0 Å². The largest absolute Gasteiger partial charge is 0.361 e. The summed E-state index contributed by atoms with van der Waals surface area (Å²) in [5, 5.41) is 1.27. The van der Waals surface area contributed by atoms with Crippen LogP contribution < -0.4 is 0 Å². The molecule has 0 spiro atoms.